The van der Waals surface area contributed by atoms with Crippen molar-refractivity contribution in [2.24, 2.45) is 0 Å². The van der Waals surface area contributed by atoms with Gasteiger partial charge in [0, 0.05) is 6.42 Å². The highest BCUT2D eigenvalue weighted by Crippen LogP contribution is 2.19. The Morgan fingerprint density at radius 1 is 1.50 bits per heavy atom. The minimum atomic E-state index is -1.25. The molecular weight excluding hydrogens is 203 g/mol. The lowest BCUT2D eigenvalue weighted by Crippen LogP contribution is -2.04. The fraction of sp³-hybridized carbons (Fsp3) is 0.300. The molecule has 0 bridgehead atoms. The number of rotatable bonds is 3. The van der Waals surface area contributed by atoms with Crippen molar-refractivity contribution in [3.63, 3.8) is 0 Å². The summed E-state index contributed by atoms with van der Waals surface area (Å²) in [7, 11) is 1.24. The van der Waals surface area contributed by atoms with E-state index in [0.29, 0.717) is 11.8 Å². The quantitative estimate of drug-likeness (QED) is 0.723. The molecule has 0 fully saturated rings. The van der Waals surface area contributed by atoms with Crippen LogP contribution in [0.1, 0.15) is 5.56 Å². The lowest BCUT2D eigenvalue weighted by atomic mass is 10.2. The van der Waals surface area contributed by atoms with Gasteiger partial charge in [-0.1, -0.05) is 30.3 Å². The summed E-state index contributed by atoms with van der Waals surface area (Å²) >= 11 is 0.567. The van der Waals surface area contributed by atoms with Crippen LogP contribution in [0.5, 0.6) is 0 Å². The molecule has 0 N–H and O–H groups in total. The molecule has 0 saturated heterocycles. The van der Waals surface area contributed by atoms with E-state index in [0.717, 1.165) is 5.56 Å². The summed E-state index contributed by atoms with van der Waals surface area (Å²) in [5.41, 5.74) is -0.374. The summed E-state index contributed by atoms with van der Waals surface area (Å²) in [5.74, 6) is 0. The van der Waals surface area contributed by atoms with Gasteiger partial charge in [-0.2, -0.15) is 0 Å². The van der Waals surface area contributed by atoms with Crippen LogP contribution in [0.4, 0.5) is 9.18 Å². The Labute approximate surface area is 86.5 Å². The second-order valence-corrected chi connectivity index (χ2v) is 3.75. The van der Waals surface area contributed by atoms with Crippen LogP contribution in [0, 0.1) is 0 Å². The van der Waals surface area contributed by atoms with E-state index < -0.39 is 10.8 Å². The number of hydrogen-bond acceptors (Lipinski definition) is 3. The smallest absolute Gasteiger partial charge is 0.369 e. The molecule has 1 aromatic rings. The molecule has 1 aromatic carbocycles. The van der Waals surface area contributed by atoms with E-state index in [-0.39, 0.29) is 6.42 Å². The molecule has 0 radical (unpaired) electrons. The van der Waals surface area contributed by atoms with Crippen LogP contribution in [0.15, 0.2) is 30.3 Å². The number of ether oxygens (including phenoxy) is 1. The van der Waals surface area contributed by atoms with Crippen LogP contribution in [-0.4, -0.2) is 17.9 Å². The van der Waals surface area contributed by atoms with E-state index >= 15 is 0 Å². The van der Waals surface area contributed by atoms with Crippen LogP contribution in [0.25, 0.3) is 0 Å². The predicted molar refractivity (Wildman–Crippen MR) is 55.0 cm³/mol. The molecule has 0 aliphatic heterocycles. The summed E-state index contributed by atoms with van der Waals surface area (Å²) in [4.78, 5) is 10.7. The third-order valence-electron chi connectivity index (χ3n) is 1.63. The SMILES string of the molecule is COC(=O)SC(F)Cc1ccccc1. The number of methoxy groups -OCH3 is 1. The zero-order chi connectivity index (χ0) is 10.4. The highest BCUT2D eigenvalue weighted by Gasteiger charge is 2.13. The molecule has 1 atom stereocenters. The average molecular weight is 214 g/mol. The number of thioether (sulfide) groups is 1. The Morgan fingerprint density at radius 2 is 2.14 bits per heavy atom. The third-order valence-corrected chi connectivity index (χ3v) is 2.41. The van der Waals surface area contributed by atoms with Crippen LogP contribution in [-0.2, 0) is 11.2 Å². The first-order valence-corrected chi connectivity index (χ1v) is 5.03. The van der Waals surface area contributed by atoms with Crippen LogP contribution in [0.3, 0.4) is 0 Å². The molecule has 1 rings (SSSR count). The number of alkyl halides is 1. The molecule has 14 heavy (non-hydrogen) atoms. The van der Waals surface area contributed by atoms with Gasteiger partial charge in [0.2, 0.25) is 0 Å². The lowest BCUT2D eigenvalue weighted by Gasteiger charge is -2.05. The van der Waals surface area contributed by atoms with Crippen molar-refractivity contribution in [3.05, 3.63) is 35.9 Å². The van der Waals surface area contributed by atoms with Gasteiger partial charge < -0.3 is 4.74 Å². The first-order chi connectivity index (χ1) is 6.72. The molecule has 0 aromatic heterocycles. The van der Waals surface area contributed by atoms with Crippen molar-refractivity contribution in [1.82, 2.24) is 0 Å². The standard InChI is InChI=1S/C10H11FO2S/c1-13-10(12)14-9(11)7-8-5-3-2-4-6-8/h2-6,9H,7H2,1H3. The Hall–Kier alpha value is -1.03. The zero-order valence-corrected chi connectivity index (χ0v) is 8.59. The Bertz CT molecular complexity index is 289. The van der Waals surface area contributed by atoms with Gasteiger partial charge in [0.25, 0.3) is 0 Å². The average Bonchev–Trinajstić information content (AvgIpc) is 2.19. The Morgan fingerprint density at radius 3 is 2.71 bits per heavy atom. The lowest BCUT2D eigenvalue weighted by molar-refractivity contribution is 0.199. The summed E-state index contributed by atoms with van der Waals surface area (Å²) in [6.45, 7) is 0. The topological polar surface area (TPSA) is 26.3 Å². The molecule has 0 heterocycles. The van der Waals surface area contributed by atoms with Gasteiger partial charge in [0.05, 0.1) is 7.11 Å². The number of carbonyl (C=O) groups excluding carboxylic acids is 1. The maximum Gasteiger partial charge on any atom is 0.369 e. The van der Waals surface area contributed by atoms with Gasteiger partial charge in [0.1, 0.15) is 0 Å². The molecule has 76 valence electrons. The van der Waals surface area contributed by atoms with Crippen LogP contribution < -0.4 is 0 Å². The molecule has 2 nitrogen and oxygen atoms in total. The number of carbonyl (C=O) groups is 1. The first-order valence-electron chi connectivity index (χ1n) is 4.15. The molecule has 0 aliphatic carbocycles. The van der Waals surface area contributed by atoms with E-state index in [4.69, 9.17) is 0 Å². The monoisotopic (exact) mass is 214 g/mol. The second kappa shape index (κ2) is 5.65. The molecule has 4 heteroatoms. The van der Waals surface area contributed by atoms with Gasteiger partial charge >= 0.3 is 5.30 Å². The van der Waals surface area contributed by atoms with Gasteiger partial charge in [-0.05, 0) is 17.3 Å². The fourth-order valence-electron chi connectivity index (χ4n) is 0.994. The summed E-state index contributed by atoms with van der Waals surface area (Å²) in [6.07, 6.45) is 0.223. The number of hydrogen-bond donors (Lipinski definition) is 0. The first kappa shape index (κ1) is 11.0. The molecule has 0 aliphatic rings. The summed E-state index contributed by atoms with van der Waals surface area (Å²) < 4.78 is 17.5. The third kappa shape index (κ3) is 3.79. The number of benzene rings is 1. The van der Waals surface area contributed by atoms with Crippen molar-refractivity contribution >= 4 is 17.1 Å². The van der Waals surface area contributed by atoms with Gasteiger partial charge in [-0.15, -0.1) is 0 Å². The maximum absolute atomic E-state index is 13.2. The van der Waals surface area contributed by atoms with Crippen molar-refractivity contribution in [1.29, 1.82) is 0 Å². The predicted octanol–water partition coefficient (Wildman–Crippen LogP) is 3.02. The van der Waals surface area contributed by atoms with Crippen LogP contribution >= 0.6 is 11.8 Å². The van der Waals surface area contributed by atoms with E-state index in [1.54, 1.807) is 0 Å². The van der Waals surface area contributed by atoms with Crippen LogP contribution in [0.2, 0.25) is 0 Å². The van der Waals surface area contributed by atoms with Crippen molar-refractivity contribution in [3.8, 4) is 0 Å². The van der Waals surface area contributed by atoms with Crippen molar-refractivity contribution in [2.45, 2.75) is 11.9 Å². The van der Waals surface area contributed by atoms with E-state index in [9.17, 15) is 9.18 Å². The minimum absolute atomic E-state index is 0.223. The Balaban J connectivity index is 2.41. The normalized spacial score (nSPS) is 12.1. The Kier molecular flexibility index (Phi) is 4.46. The molecule has 0 saturated carbocycles. The molecular formula is C10H11FO2S. The highest BCUT2D eigenvalue weighted by molar-refractivity contribution is 8.13. The summed E-state index contributed by atoms with van der Waals surface area (Å²) in [6, 6.07) is 9.19. The van der Waals surface area contributed by atoms with E-state index in [1.165, 1.54) is 7.11 Å². The van der Waals surface area contributed by atoms with E-state index in [2.05, 4.69) is 4.74 Å². The van der Waals surface area contributed by atoms with Crippen molar-refractivity contribution < 1.29 is 13.9 Å². The van der Waals surface area contributed by atoms with Gasteiger partial charge in [-0.3, -0.25) is 0 Å². The summed E-state index contributed by atoms with van der Waals surface area (Å²) in [5, 5.41) is -0.589. The van der Waals surface area contributed by atoms with Gasteiger partial charge in [-0.25, -0.2) is 9.18 Å². The largest absolute Gasteiger partial charge is 0.461 e. The molecule has 0 amide bonds. The van der Waals surface area contributed by atoms with E-state index in [1.807, 2.05) is 30.3 Å². The second-order valence-electron chi connectivity index (χ2n) is 2.67. The zero-order valence-electron chi connectivity index (χ0n) is 7.77. The molecule has 0 spiro atoms. The number of halogens is 1. The highest BCUT2D eigenvalue weighted by atomic mass is 32.2. The van der Waals surface area contributed by atoms with Gasteiger partial charge in [0.15, 0.2) is 5.50 Å². The molecule has 1 unspecified atom stereocenters. The minimum Gasteiger partial charge on any atom is -0.461 e. The van der Waals surface area contributed by atoms with Crippen molar-refractivity contribution in [2.75, 3.05) is 7.11 Å². The maximum atomic E-state index is 13.2. The fourth-order valence-corrected chi connectivity index (χ4v) is 1.57.